The lowest BCUT2D eigenvalue weighted by Gasteiger charge is -2.28. The van der Waals surface area contributed by atoms with Crippen LogP contribution in [0.2, 0.25) is 0 Å². The van der Waals surface area contributed by atoms with E-state index in [9.17, 15) is 0 Å². The number of anilines is 2. The number of hydrogen-bond acceptors (Lipinski definition) is 5. The SMILES string of the molecule is CCCNc1cc(N2CCOCC2)nc(-c2ccccc2)n1. The second kappa shape index (κ2) is 7.22. The monoisotopic (exact) mass is 298 g/mol. The van der Waals surface area contributed by atoms with Gasteiger partial charge in [0, 0.05) is 31.3 Å². The highest BCUT2D eigenvalue weighted by Crippen LogP contribution is 2.23. The largest absolute Gasteiger partial charge is 0.378 e. The fourth-order valence-corrected chi connectivity index (χ4v) is 2.45. The molecular formula is C17H22N4O. The van der Waals surface area contributed by atoms with Gasteiger partial charge < -0.3 is 15.0 Å². The lowest BCUT2D eigenvalue weighted by molar-refractivity contribution is 0.122. The van der Waals surface area contributed by atoms with Crippen LogP contribution < -0.4 is 10.2 Å². The molecule has 22 heavy (non-hydrogen) atoms. The Labute approximate surface area is 131 Å². The van der Waals surface area contributed by atoms with Gasteiger partial charge in [0.15, 0.2) is 5.82 Å². The average Bonchev–Trinajstić information content (AvgIpc) is 2.61. The summed E-state index contributed by atoms with van der Waals surface area (Å²) in [6, 6.07) is 12.2. The van der Waals surface area contributed by atoms with E-state index in [2.05, 4.69) is 22.1 Å². The summed E-state index contributed by atoms with van der Waals surface area (Å²) in [5, 5.41) is 3.37. The summed E-state index contributed by atoms with van der Waals surface area (Å²) in [5.41, 5.74) is 1.04. The van der Waals surface area contributed by atoms with Crippen molar-refractivity contribution in [1.29, 1.82) is 0 Å². The average molecular weight is 298 g/mol. The quantitative estimate of drug-likeness (QED) is 0.920. The highest BCUT2D eigenvalue weighted by Gasteiger charge is 2.15. The van der Waals surface area contributed by atoms with Crippen molar-refractivity contribution in [2.75, 3.05) is 43.1 Å². The lowest BCUT2D eigenvalue weighted by atomic mass is 10.2. The number of rotatable bonds is 5. The van der Waals surface area contributed by atoms with E-state index in [1.54, 1.807) is 0 Å². The fraction of sp³-hybridized carbons (Fsp3) is 0.412. The molecule has 1 N–H and O–H groups in total. The van der Waals surface area contributed by atoms with Gasteiger partial charge in [-0.15, -0.1) is 0 Å². The van der Waals surface area contributed by atoms with Crippen LogP contribution in [0.1, 0.15) is 13.3 Å². The van der Waals surface area contributed by atoms with Crippen LogP contribution in [0, 0.1) is 0 Å². The van der Waals surface area contributed by atoms with Crippen LogP contribution >= 0.6 is 0 Å². The predicted octanol–water partition coefficient (Wildman–Crippen LogP) is 2.80. The van der Waals surface area contributed by atoms with Gasteiger partial charge in [-0.1, -0.05) is 37.3 Å². The van der Waals surface area contributed by atoms with Gasteiger partial charge in [0.25, 0.3) is 0 Å². The van der Waals surface area contributed by atoms with Crippen LogP contribution in [-0.4, -0.2) is 42.8 Å². The van der Waals surface area contributed by atoms with E-state index >= 15 is 0 Å². The summed E-state index contributed by atoms with van der Waals surface area (Å²) in [4.78, 5) is 11.7. The van der Waals surface area contributed by atoms with E-state index in [1.165, 1.54) is 0 Å². The van der Waals surface area contributed by atoms with Gasteiger partial charge in [-0.3, -0.25) is 0 Å². The first-order valence-corrected chi connectivity index (χ1v) is 7.88. The molecule has 2 heterocycles. The van der Waals surface area contributed by atoms with Crippen molar-refractivity contribution >= 4 is 11.6 Å². The first kappa shape index (κ1) is 14.8. The predicted molar refractivity (Wildman–Crippen MR) is 89.3 cm³/mol. The van der Waals surface area contributed by atoms with Gasteiger partial charge >= 0.3 is 0 Å². The van der Waals surface area contributed by atoms with E-state index in [-0.39, 0.29) is 0 Å². The number of ether oxygens (including phenoxy) is 1. The third kappa shape index (κ3) is 3.54. The smallest absolute Gasteiger partial charge is 0.163 e. The Morgan fingerprint density at radius 2 is 1.91 bits per heavy atom. The van der Waals surface area contributed by atoms with E-state index in [1.807, 2.05) is 36.4 Å². The van der Waals surface area contributed by atoms with Crippen LogP contribution in [0.3, 0.4) is 0 Å². The number of nitrogens with zero attached hydrogens (tertiary/aromatic N) is 3. The molecule has 0 spiro atoms. The molecule has 2 aromatic rings. The van der Waals surface area contributed by atoms with E-state index in [0.29, 0.717) is 0 Å². The highest BCUT2D eigenvalue weighted by atomic mass is 16.5. The Hall–Kier alpha value is -2.14. The minimum atomic E-state index is 0.752. The Morgan fingerprint density at radius 1 is 1.14 bits per heavy atom. The maximum absolute atomic E-state index is 5.43. The zero-order valence-corrected chi connectivity index (χ0v) is 13.0. The number of nitrogens with one attached hydrogen (secondary N) is 1. The first-order valence-electron chi connectivity index (χ1n) is 7.88. The standard InChI is InChI=1S/C17H22N4O/c1-2-8-18-15-13-16(21-9-11-22-12-10-21)20-17(19-15)14-6-4-3-5-7-14/h3-7,13H,2,8-12H2,1H3,(H,18,19,20). The van der Waals surface area contributed by atoms with Gasteiger partial charge in [-0.05, 0) is 6.42 Å². The van der Waals surface area contributed by atoms with Crippen LogP contribution in [0.4, 0.5) is 11.6 Å². The Balaban J connectivity index is 1.94. The topological polar surface area (TPSA) is 50.3 Å². The van der Waals surface area contributed by atoms with Crippen LogP contribution in [0.25, 0.3) is 11.4 Å². The Bertz CT molecular complexity index is 597. The summed E-state index contributed by atoms with van der Waals surface area (Å²) in [7, 11) is 0. The molecule has 0 radical (unpaired) electrons. The van der Waals surface area contributed by atoms with Crippen molar-refractivity contribution < 1.29 is 4.74 Å². The van der Waals surface area contributed by atoms with Crippen molar-refractivity contribution in [2.45, 2.75) is 13.3 Å². The minimum absolute atomic E-state index is 0.752. The normalized spacial score (nSPS) is 14.9. The van der Waals surface area contributed by atoms with Crippen LogP contribution in [0.5, 0.6) is 0 Å². The maximum atomic E-state index is 5.43. The molecule has 0 saturated carbocycles. The molecule has 0 aliphatic carbocycles. The molecule has 1 aliphatic rings. The molecule has 116 valence electrons. The summed E-state index contributed by atoms with van der Waals surface area (Å²) in [6.07, 6.45) is 1.07. The van der Waals surface area contributed by atoms with Crippen molar-refractivity contribution in [3.05, 3.63) is 36.4 Å². The summed E-state index contributed by atoms with van der Waals surface area (Å²) in [6.45, 7) is 6.31. The summed E-state index contributed by atoms with van der Waals surface area (Å²) < 4.78 is 5.43. The van der Waals surface area contributed by atoms with Gasteiger partial charge in [0.1, 0.15) is 11.6 Å². The molecule has 3 rings (SSSR count). The zero-order chi connectivity index (χ0) is 15.2. The molecule has 1 fully saturated rings. The fourth-order valence-electron chi connectivity index (χ4n) is 2.45. The summed E-state index contributed by atoms with van der Waals surface area (Å²) in [5.74, 6) is 2.62. The molecular weight excluding hydrogens is 276 g/mol. The molecule has 1 aliphatic heterocycles. The third-order valence-corrected chi connectivity index (χ3v) is 3.64. The zero-order valence-electron chi connectivity index (χ0n) is 13.0. The second-order valence-electron chi connectivity index (χ2n) is 5.33. The van der Waals surface area contributed by atoms with Gasteiger partial charge in [-0.2, -0.15) is 0 Å². The lowest BCUT2D eigenvalue weighted by Crippen LogP contribution is -2.36. The maximum Gasteiger partial charge on any atom is 0.163 e. The number of morpholine rings is 1. The van der Waals surface area contributed by atoms with Crippen LogP contribution in [-0.2, 0) is 4.74 Å². The van der Waals surface area contributed by atoms with Gasteiger partial charge in [0.2, 0.25) is 0 Å². The van der Waals surface area contributed by atoms with Gasteiger partial charge in [-0.25, -0.2) is 9.97 Å². The molecule has 1 saturated heterocycles. The summed E-state index contributed by atoms with van der Waals surface area (Å²) >= 11 is 0. The number of aromatic nitrogens is 2. The number of benzene rings is 1. The van der Waals surface area contributed by atoms with E-state index in [4.69, 9.17) is 9.72 Å². The molecule has 5 heteroatoms. The van der Waals surface area contributed by atoms with Crippen molar-refractivity contribution in [3.63, 3.8) is 0 Å². The first-order chi connectivity index (χ1) is 10.9. The van der Waals surface area contributed by atoms with Crippen LogP contribution in [0.15, 0.2) is 36.4 Å². The molecule has 1 aromatic carbocycles. The Kier molecular flexibility index (Phi) is 4.85. The minimum Gasteiger partial charge on any atom is -0.378 e. The molecule has 5 nitrogen and oxygen atoms in total. The van der Waals surface area contributed by atoms with Crippen molar-refractivity contribution in [3.8, 4) is 11.4 Å². The molecule has 0 amide bonds. The van der Waals surface area contributed by atoms with Crippen molar-refractivity contribution in [1.82, 2.24) is 9.97 Å². The Morgan fingerprint density at radius 3 is 2.64 bits per heavy atom. The van der Waals surface area contributed by atoms with Gasteiger partial charge in [0.05, 0.1) is 13.2 Å². The highest BCUT2D eigenvalue weighted by molar-refractivity contribution is 5.61. The van der Waals surface area contributed by atoms with Crippen molar-refractivity contribution in [2.24, 2.45) is 0 Å². The third-order valence-electron chi connectivity index (χ3n) is 3.64. The molecule has 0 atom stereocenters. The second-order valence-corrected chi connectivity index (χ2v) is 5.33. The molecule has 1 aromatic heterocycles. The van der Waals surface area contributed by atoms with E-state index < -0.39 is 0 Å². The molecule has 0 bridgehead atoms. The van der Waals surface area contributed by atoms with E-state index in [0.717, 1.165) is 62.3 Å². The molecule has 0 unspecified atom stereocenters. The number of hydrogen-bond donors (Lipinski definition) is 1.